The van der Waals surface area contributed by atoms with Crippen LogP contribution < -0.4 is 14.8 Å². The van der Waals surface area contributed by atoms with Gasteiger partial charge in [0.15, 0.2) is 11.9 Å². The molecule has 1 aromatic rings. The first kappa shape index (κ1) is 13.6. The van der Waals surface area contributed by atoms with E-state index in [1.807, 2.05) is 0 Å². The largest absolute Gasteiger partial charge is 0.484 e. The van der Waals surface area contributed by atoms with Crippen molar-refractivity contribution < 1.29 is 28.9 Å². The van der Waals surface area contributed by atoms with Crippen LogP contribution in [-0.4, -0.2) is 53.9 Å². The molecule has 2 atom stereocenters. The predicted molar refractivity (Wildman–Crippen MR) is 68.5 cm³/mol. The summed E-state index contributed by atoms with van der Waals surface area (Å²) in [6, 6.07) is 2.55. The average Bonchev–Trinajstić information content (AvgIpc) is 2.95. The van der Waals surface area contributed by atoms with E-state index in [2.05, 4.69) is 10.3 Å². The molecule has 0 aromatic carbocycles. The molecule has 3 heterocycles. The Morgan fingerprint density at radius 1 is 1.24 bits per heavy atom. The molecule has 3 rings (SSSR count). The van der Waals surface area contributed by atoms with Gasteiger partial charge in [-0.15, -0.1) is 0 Å². The molecule has 2 N–H and O–H groups in total. The summed E-state index contributed by atoms with van der Waals surface area (Å²) >= 11 is 0. The second kappa shape index (κ2) is 5.57. The number of fused-ring (bicyclic) bond motifs is 1. The molecule has 2 aliphatic heterocycles. The number of aliphatic carboxylic acids is 1. The second-order valence-corrected chi connectivity index (χ2v) is 4.69. The van der Waals surface area contributed by atoms with Crippen LogP contribution in [0.15, 0.2) is 12.1 Å². The van der Waals surface area contributed by atoms with E-state index in [4.69, 9.17) is 19.3 Å². The van der Waals surface area contributed by atoms with E-state index < -0.39 is 24.0 Å². The van der Waals surface area contributed by atoms with Crippen molar-refractivity contribution in [2.24, 2.45) is 0 Å². The Bertz CT molecular complexity index is 576. The maximum atomic E-state index is 12.1. The second-order valence-electron chi connectivity index (χ2n) is 4.69. The van der Waals surface area contributed by atoms with Gasteiger partial charge >= 0.3 is 5.97 Å². The highest BCUT2D eigenvalue weighted by atomic mass is 16.6. The van der Waals surface area contributed by atoms with Crippen LogP contribution in [0, 0.1) is 0 Å². The van der Waals surface area contributed by atoms with E-state index in [-0.39, 0.29) is 11.6 Å². The zero-order chi connectivity index (χ0) is 14.8. The fraction of sp³-hybridized carbons (Fsp3) is 0.462. The molecule has 8 nitrogen and oxygen atoms in total. The number of amides is 1. The third kappa shape index (κ3) is 2.75. The van der Waals surface area contributed by atoms with E-state index in [1.54, 1.807) is 6.07 Å². The molecule has 1 saturated heterocycles. The van der Waals surface area contributed by atoms with Crippen molar-refractivity contribution in [3.63, 3.8) is 0 Å². The molecule has 8 heteroatoms. The van der Waals surface area contributed by atoms with Crippen LogP contribution in [0.2, 0.25) is 0 Å². The summed E-state index contributed by atoms with van der Waals surface area (Å²) in [5.41, 5.74) is 0.148. The van der Waals surface area contributed by atoms with Crippen LogP contribution in [-0.2, 0) is 9.53 Å². The Kier molecular flexibility index (Phi) is 3.61. The number of ether oxygens (including phenoxy) is 3. The molecule has 0 radical (unpaired) electrons. The first-order chi connectivity index (χ1) is 10.1. The Morgan fingerprint density at radius 3 is 2.86 bits per heavy atom. The average molecular weight is 294 g/mol. The number of carbonyl (C=O) groups excluding carboxylic acids is 1. The number of carboxylic acid groups (broad SMARTS) is 1. The van der Waals surface area contributed by atoms with Crippen LogP contribution in [0.4, 0.5) is 0 Å². The van der Waals surface area contributed by atoms with Gasteiger partial charge in [-0.2, -0.15) is 0 Å². The van der Waals surface area contributed by atoms with E-state index in [9.17, 15) is 9.59 Å². The van der Waals surface area contributed by atoms with Crippen molar-refractivity contribution >= 4 is 11.9 Å². The van der Waals surface area contributed by atoms with Gasteiger partial charge < -0.3 is 24.6 Å². The Balaban J connectivity index is 1.72. The SMILES string of the molecule is O=C(N[C@H]1CCO[C@H]1C(=O)O)c1ccc2c(n1)OCCO2. The van der Waals surface area contributed by atoms with Gasteiger partial charge in [-0.3, -0.25) is 4.79 Å². The lowest BCUT2D eigenvalue weighted by atomic mass is 10.1. The molecule has 0 bridgehead atoms. The molecule has 0 saturated carbocycles. The minimum atomic E-state index is -1.09. The fourth-order valence-electron chi connectivity index (χ4n) is 2.28. The van der Waals surface area contributed by atoms with Crippen LogP contribution in [0.3, 0.4) is 0 Å². The van der Waals surface area contributed by atoms with Gasteiger partial charge in [0.25, 0.3) is 11.8 Å². The minimum Gasteiger partial charge on any atom is -0.484 e. The summed E-state index contributed by atoms with van der Waals surface area (Å²) in [6.45, 7) is 1.12. The van der Waals surface area contributed by atoms with E-state index in [0.717, 1.165) is 0 Å². The van der Waals surface area contributed by atoms with Crippen molar-refractivity contribution in [3.8, 4) is 11.6 Å². The zero-order valence-electron chi connectivity index (χ0n) is 11.1. The number of nitrogens with zero attached hydrogens (tertiary/aromatic N) is 1. The Hall–Kier alpha value is -2.35. The number of rotatable bonds is 3. The molecule has 2 aliphatic rings. The summed E-state index contributed by atoms with van der Waals surface area (Å²) in [5, 5.41) is 11.6. The standard InChI is InChI=1S/C13H14N2O6/c16-11(14-7-3-4-20-10(7)13(17)18)8-1-2-9-12(15-8)21-6-5-19-9/h1-2,7,10H,3-6H2,(H,14,16)(H,17,18)/t7-,10+/m0/s1. The zero-order valence-corrected chi connectivity index (χ0v) is 11.1. The van der Waals surface area contributed by atoms with Gasteiger partial charge in [0, 0.05) is 6.61 Å². The number of pyridine rings is 1. The van der Waals surface area contributed by atoms with Gasteiger partial charge in [-0.1, -0.05) is 0 Å². The molecule has 0 spiro atoms. The topological polar surface area (TPSA) is 107 Å². The lowest BCUT2D eigenvalue weighted by molar-refractivity contribution is -0.148. The van der Waals surface area contributed by atoms with Crippen LogP contribution >= 0.6 is 0 Å². The highest BCUT2D eigenvalue weighted by Crippen LogP contribution is 2.27. The molecular formula is C13H14N2O6. The molecule has 1 amide bonds. The van der Waals surface area contributed by atoms with Crippen molar-refractivity contribution in [2.75, 3.05) is 19.8 Å². The summed E-state index contributed by atoms with van der Waals surface area (Å²) in [4.78, 5) is 27.2. The summed E-state index contributed by atoms with van der Waals surface area (Å²) in [5.74, 6) is -0.793. The van der Waals surface area contributed by atoms with Crippen molar-refractivity contribution in [1.29, 1.82) is 0 Å². The molecule has 112 valence electrons. The smallest absolute Gasteiger partial charge is 0.334 e. The van der Waals surface area contributed by atoms with Crippen molar-refractivity contribution in [2.45, 2.75) is 18.6 Å². The van der Waals surface area contributed by atoms with Gasteiger partial charge in [0.2, 0.25) is 0 Å². The predicted octanol–water partition coefficient (Wildman–Crippen LogP) is -0.175. The normalized spacial score (nSPS) is 23.6. The lowest BCUT2D eigenvalue weighted by Crippen LogP contribution is -2.44. The lowest BCUT2D eigenvalue weighted by Gasteiger charge is -2.19. The number of carbonyl (C=O) groups is 2. The monoisotopic (exact) mass is 294 g/mol. The highest BCUT2D eigenvalue weighted by Gasteiger charge is 2.35. The van der Waals surface area contributed by atoms with Gasteiger partial charge in [-0.05, 0) is 18.6 Å². The van der Waals surface area contributed by atoms with Gasteiger partial charge in [0.05, 0.1) is 6.04 Å². The highest BCUT2D eigenvalue weighted by molar-refractivity contribution is 5.93. The molecule has 21 heavy (non-hydrogen) atoms. The van der Waals surface area contributed by atoms with E-state index in [1.165, 1.54) is 6.07 Å². The fourth-order valence-corrected chi connectivity index (χ4v) is 2.28. The molecule has 0 aliphatic carbocycles. The number of nitrogens with one attached hydrogen (secondary N) is 1. The minimum absolute atomic E-state index is 0.148. The quantitative estimate of drug-likeness (QED) is 0.796. The third-order valence-electron chi connectivity index (χ3n) is 3.29. The number of hydrogen-bond acceptors (Lipinski definition) is 6. The number of carboxylic acids is 1. The molecule has 1 aromatic heterocycles. The first-order valence-corrected chi connectivity index (χ1v) is 6.57. The number of aromatic nitrogens is 1. The van der Waals surface area contributed by atoms with Crippen molar-refractivity contribution in [1.82, 2.24) is 10.3 Å². The maximum absolute atomic E-state index is 12.1. The molecular weight excluding hydrogens is 280 g/mol. The summed E-state index contributed by atoms with van der Waals surface area (Å²) in [6.07, 6.45) is -0.570. The van der Waals surface area contributed by atoms with Gasteiger partial charge in [-0.25, -0.2) is 9.78 Å². The first-order valence-electron chi connectivity index (χ1n) is 6.57. The van der Waals surface area contributed by atoms with E-state index in [0.29, 0.717) is 32.0 Å². The van der Waals surface area contributed by atoms with Gasteiger partial charge in [0.1, 0.15) is 18.9 Å². The van der Waals surface area contributed by atoms with E-state index >= 15 is 0 Å². The molecule has 0 unspecified atom stereocenters. The summed E-state index contributed by atoms with van der Waals surface area (Å²) < 4.78 is 15.7. The van der Waals surface area contributed by atoms with Crippen LogP contribution in [0.1, 0.15) is 16.9 Å². The number of hydrogen-bond donors (Lipinski definition) is 2. The summed E-state index contributed by atoms with van der Waals surface area (Å²) in [7, 11) is 0. The van der Waals surface area contributed by atoms with Crippen LogP contribution in [0.25, 0.3) is 0 Å². The molecule has 1 fully saturated rings. The third-order valence-corrected chi connectivity index (χ3v) is 3.29. The maximum Gasteiger partial charge on any atom is 0.334 e. The Morgan fingerprint density at radius 2 is 2.05 bits per heavy atom. The Labute approximate surface area is 120 Å². The van der Waals surface area contributed by atoms with Crippen LogP contribution in [0.5, 0.6) is 11.6 Å². The van der Waals surface area contributed by atoms with Crippen molar-refractivity contribution in [3.05, 3.63) is 17.8 Å².